The molecule has 0 unspecified atom stereocenters. The molecule has 0 N–H and O–H groups in total. The highest BCUT2D eigenvalue weighted by molar-refractivity contribution is 6.30. The number of rotatable bonds is 0. The third-order valence-corrected chi connectivity index (χ3v) is 5.15. The minimum atomic E-state index is 0.996. The molecule has 0 fully saturated rings. The van der Waals surface area contributed by atoms with Crippen LogP contribution in [0.4, 0.5) is 0 Å². The van der Waals surface area contributed by atoms with Gasteiger partial charge in [0.1, 0.15) is 6.33 Å². The van der Waals surface area contributed by atoms with E-state index in [1.165, 1.54) is 21.5 Å². The molecule has 0 amide bonds. The lowest BCUT2D eigenvalue weighted by Gasteiger charge is -2.12. The zero-order valence-electron chi connectivity index (χ0n) is 13.8. The standard InChI is InChI=1S/C23H13N3/c1-4-8-20-14(5-1)11-18-21(26-20)10-9-16-19-12-24-13-25-23(19)17-7-3-2-6-15(17)22(16)18/h1-13H. The lowest BCUT2D eigenvalue weighted by atomic mass is 9.94. The van der Waals surface area contributed by atoms with Gasteiger partial charge in [0, 0.05) is 27.7 Å². The van der Waals surface area contributed by atoms with Crippen LogP contribution in [-0.2, 0) is 0 Å². The fraction of sp³-hybridized carbons (Fsp3) is 0. The Kier molecular flexibility index (Phi) is 2.61. The zero-order chi connectivity index (χ0) is 17.1. The van der Waals surface area contributed by atoms with Crippen LogP contribution in [0.1, 0.15) is 0 Å². The Morgan fingerprint density at radius 1 is 0.615 bits per heavy atom. The van der Waals surface area contributed by atoms with Crippen molar-refractivity contribution in [3.63, 3.8) is 0 Å². The van der Waals surface area contributed by atoms with E-state index >= 15 is 0 Å². The highest BCUT2D eigenvalue weighted by Gasteiger charge is 2.13. The maximum Gasteiger partial charge on any atom is 0.116 e. The van der Waals surface area contributed by atoms with Crippen LogP contribution in [0.3, 0.4) is 0 Å². The monoisotopic (exact) mass is 331 g/mol. The number of hydrogen-bond donors (Lipinski definition) is 0. The molecule has 6 aromatic rings. The second-order valence-corrected chi connectivity index (χ2v) is 6.57. The summed E-state index contributed by atoms with van der Waals surface area (Å²) in [6.07, 6.45) is 3.54. The molecule has 6 rings (SSSR count). The molecule has 3 heteroatoms. The van der Waals surface area contributed by atoms with Gasteiger partial charge in [-0.15, -0.1) is 0 Å². The van der Waals surface area contributed by atoms with Crippen molar-refractivity contribution in [3.05, 3.63) is 79.3 Å². The summed E-state index contributed by atoms with van der Waals surface area (Å²) in [7, 11) is 0. The molecule has 0 aliphatic carbocycles. The second kappa shape index (κ2) is 4.96. The number of nitrogens with zero attached hydrogens (tertiary/aromatic N) is 3. The fourth-order valence-corrected chi connectivity index (χ4v) is 4.01. The minimum Gasteiger partial charge on any atom is -0.248 e. The predicted molar refractivity (Wildman–Crippen MR) is 107 cm³/mol. The lowest BCUT2D eigenvalue weighted by molar-refractivity contribution is 1.23. The molecule has 0 aliphatic heterocycles. The molecule has 26 heavy (non-hydrogen) atoms. The van der Waals surface area contributed by atoms with Crippen molar-refractivity contribution in [3.8, 4) is 0 Å². The van der Waals surface area contributed by atoms with Crippen molar-refractivity contribution in [2.24, 2.45) is 0 Å². The molecule has 4 aromatic carbocycles. The Hall–Kier alpha value is -3.59. The number of pyridine rings is 1. The normalized spacial score (nSPS) is 11.8. The number of hydrogen-bond acceptors (Lipinski definition) is 3. The Bertz CT molecular complexity index is 1450. The largest absolute Gasteiger partial charge is 0.248 e. The first-order valence-corrected chi connectivity index (χ1v) is 8.63. The van der Waals surface area contributed by atoms with Gasteiger partial charge in [0.2, 0.25) is 0 Å². The molecular formula is C23H13N3. The van der Waals surface area contributed by atoms with Crippen molar-refractivity contribution in [2.75, 3.05) is 0 Å². The molecule has 0 radical (unpaired) electrons. The average Bonchev–Trinajstić information content (AvgIpc) is 2.72. The highest BCUT2D eigenvalue weighted by atomic mass is 14.8. The summed E-state index contributed by atoms with van der Waals surface area (Å²) in [5.74, 6) is 0. The lowest BCUT2D eigenvalue weighted by Crippen LogP contribution is -1.89. The zero-order valence-corrected chi connectivity index (χ0v) is 13.8. The van der Waals surface area contributed by atoms with Gasteiger partial charge in [-0.05, 0) is 34.4 Å². The fourth-order valence-electron chi connectivity index (χ4n) is 4.01. The molecule has 2 aromatic heterocycles. The summed E-state index contributed by atoms with van der Waals surface area (Å²) in [5, 5.41) is 8.15. The summed E-state index contributed by atoms with van der Waals surface area (Å²) in [5.41, 5.74) is 3.03. The Labute approximate surface area is 148 Å². The van der Waals surface area contributed by atoms with E-state index in [4.69, 9.17) is 4.98 Å². The van der Waals surface area contributed by atoms with E-state index < -0.39 is 0 Å². The quantitative estimate of drug-likeness (QED) is 0.267. The number of aromatic nitrogens is 3. The van der Waals surface area contributed by atoms with Crippen molar-refractivity contribution >= 4 is 54.3 Å². The predicted octanol–water partition coefficient (Wildman–Crippen LogP) is 5.64. The molecular weight excluding hydrogens is 318 g/mol. The minimum absolute atomic E-state index is 0.996. The van der Waals surface area contributed by atoms with Crippen LogP contribution < -0.4 is 0 Å². The van der Waals surface area contributed by atoms with Gasteiger partial charge < -0.3 is 0 Å². The summed E-state index contributed by atoms with van der Waals surface area (Å²) in [6.45, 7) is 0. The molecule has 0 spiro atoms. The summed E-state index contributed by atoms with van der Waals surface area (Å²) >= 11 is 0. The van der Waals surface area contributed by atoms with Gasteiger partial charge in [0.25, 0.3) is 0 Å². The van der Waals surface area contributed by atoms with Gasteiger partial charge in [-0.2, -0.15) is 0 Å². The van der Waals surface area contributed by atoms with Crippen LogP contribution in [0, 0.1) is 0 Å². The molecule has 3 nitrogen and oxygen atoms in total. The van der Waals surface area contributed by atoms with Crippen LogP contribution in [0.5, 0.6) is 0 Å². The second-order valence-electron chi connectivity index (χ2n) is 6.57. The van der Waals surface area contributed by atoms with Gasteiger partial charge >= 0.3 is 0 Å². The van der Waals surface area contributed by atoms with Crippen LogP contribution in [0.15, 0.2) is 79.3 Å². The van der Waals surface area contributed by atoms with Gasteiger partial charge in [-0.25, -0.2) is 15.0 Å². The molecule has 0 saturated heterocycles. The van der Waals surface area contributed by atoms with E-state index in [0.29, 0.717) is 0 Å². The van der Waals surface area contributed by atoms with Crippen LogP contribution in [-0.4, -0.2) is 15.0 Å². The first kappa shape index (κ1) is 13.7. The Morgan fingerprint density at radius 2 is 1.42 bits per heavy atom. The van der Waals surface area contributed by atoms with Crippen molar-refractivity contribution < 1.29 is 0 Å². The molecule has 0 bridgehead atoms. The van der Waals surface area contributed by atoms with Crippen LogP contribution >= 0.6 is 0 Å². The van der Waals surface area contributed by atoms with Gasteiger partial charge in [-0.3, -0.25) is 0 Å². The molecule has 2 heterocycles. The van der Waals surface area contributed by atoms with Crippen LogP contribution in [0.2, 0.25) is 0 Å². The summed E-state index contributed by atoms with van der Waals surface area (Å²) in [6, 6.07) is 23.2. The Morgan fingerprint density at radius 3 is 2.38 bits per heavy atom. The van der Waals surface area contributed by atoms with E-state index in [-0.39, 0.29) is 0 Å². The SMILES string of the molecule is c1ccc2nc3ccc4c5cncnc5c5ccccc5c4c3cc2c1. The molecule has 0 aliphatic rings. The van der Waals surface area contributed by atoms with Crippen LogP contribution in [0.25, 0.3) is 54.3 Å². The van der Waals surface area contributed by atoms with Crippen molar-refractivity contribution in [1.29, 1.82) is 0 Å². The summed E-state index contributed by atoms with van der Waals surface area (Å²) < 4.78 is 0. The smallest absolute Gasteiger partial charge is 0.116 e. The van der Waals surface area contributed by atoms with Crippen molar-refractivity contribution in [2.45, 2.75) is 0 Å². The van der Waals surface area contributed by atoms with E-state index in [0.717, 1.165) is 32.7 Å². The van der Waals surface area contributed by atoms with Gasteiger partial charge in [0.15, 0.2) is 0 Å². The van der Waals surface area contributed by atoms with E-state index in [1.807, 2.05) is 12.3 Å². The maximum atomic E-state index is 4.88. The summed E-state index contributed by atoms with van der Waals surface area (Å²) in [4.78, 5) is 13.7. The van der Waals surface area contributed by atoms with Crippen molar-refractivity contribution in [1.82, 2.24) is 15.0 Å². The first-order chi connectivity index (χ1) is 12.9. The third kappa shape index (κ3) is 1.74. The molecule has 120 valence electrons. The number of fused-ring (bicyclic) bond motifs is 9. The van der Waals surface area contributed by atoms with Gasteiger partial charge in [-0.1, -0.05) is 48.5 Å². The van der Waals surface area contributed by atoms with E-state index in [2.05, 4.69) is 70.6 Å². The first-order valence-electron chi connectivity index (χ1n) is 8.63. The number of para-hydroxylation sites is 1. The highest BCUT2D eigenvalue weighted by Crippen LogP contribution is 2.38. The van der Waals surface area contributed by atoms with E-state index in [9.17, 15) is 0 Å². The Balaban J connectivity index is 1.98. The third-order valence-electron chi connectivity index (χ3n) is 5.15. The topological polar surface area (TPSA) is 38.7 Å². The van der Waals surface area contributed by atoms with E-state index in [1.54, 1.807) is 6.33 Å². The molecule has 0 saturated carbocycles. The average molecular weight is 331 g/mol. The number of benzene rings is 4. The molecule has 0 atom stereocenters. The van der Waals surface area contributed by atoms with Gasteiger partial charge in [0.05, 0.1) is 16.6 Å². The maximum absolute atomic E-state index is 4.88.